The first-order valence-electron chi connectivity index (χ1n) is 5.94. The van der Waals surface area contributed by atoms with E-state index in [1.54, 1.807) is 0 Å². The highest BCUT2D eigenvalue weighted by atomic mass is 35.5. The third-order valence-corrected chi connectivity index (χ3v) is 3.98. The van der Waals surface area contributed by atoms with E-state index in [0.717, 1.165) is 23.4 Å². The number of carbonyl (C=O) groups is 1. The Balaban J connectivity index is 2.02. The maximum atomic E-state index is 11.0. The summed E-state index contributed by atoms with van der Waals surface area (Å²) >= 11 is 6.44. The summed E-state index contributed by atoms with van der Waals surface area (Å²) in [5.41, 5.74) is 2.82. The molecule has 2 unspecified atom stereocenters. The molecule has 0 saturated carbocycles. The molecule has 2 atom stereocenters. The predicted molar refractivity (Wildman–Crippen MR) is 69.7 cm³/mol. The van der Waals surface area contributed by atoms with Crippen molar-refractivity contribution in [3.05, 3.63) is 29.8 Å². The lowest BCUT2D eigenvalue weighted by Crippen LogP contribution is -2.54. The minimum Gasteiger partial charge on any atom is -0.481 e. The summed E-state index contributed by atoms with van der Waals surface area (Å²) < 4.78 is 0. The first-order valence-corrected chi connectivity index (χ1v) is 6.32. The van der Waals surface area contributed by atoms with Gasteiger partial charge in [0.05, 0.1) is 17.8 Å². The number of aliphatic carboxylic acids is 1. The zero-order valence-electron chi connectivity index (χ0n) is 9.69. The fourth-order valence-electron chi connectivity index (χ4n) is 2.76. The maximum Gasteiger partial charge on any atom is 0.306 e. The highest BCUT2D eigenvalue weighted by molar-refractivity contribution is 6.38. The molecule has 1 saturated heterocycles. The SMILES string of the molecule is O=C(O)CC1(Cl)NCCC2C1=Nc1ccccc12. The van der Waals surface area contributed by atoms with Crippen molar-refractivity contribution in [2.75, 3.05) is 6.54 Å². The number of aliphatic imine (C=N–C) groups is 1. The smallest absolute Gasteiger partial charge is 0.306 e. The van der Waals surface area contributed by atoms with Crippen molar-refractivity contribution in [1.29, 1.82) is 0 Å². The van der Waals surface area contributed by atoms with E-state index in [9.17, 15) is 4.79 Å². The lowest BCUT2D eigenvalue weighted by atomic mass is 9.85. The minimum absolute atomic E-state index is 0.152. The Hall–Kier alpha value is -1.39. The molecule has 3 rings (SSSR count). The molecule has 0 bridgehead atoms. The molecule has 2 aliphatic rings. The molecule has 0 aromatic heterocycles. The van der Waals surface area contributed by atoms with Crippen LogP contribution in [0.3, 0.4) is 0 Å². The summed E-state index contributed by atoms with van der Waals surface area (Å²) in [6, 6.07) is 7.89. The Kier molecular flexibility index (Phi) is 2.64. The Morgan fingerprint density at radius 2 is 2.33 bits per heavy atom. The number of fused-ring (bicyclic) bond motifs is 3. The number of benzene rings is 1. The van der Waals surface area contributed by atoms with Crippen molar-refractivity contribution < 1.29 is 9.90 Å². The van der Waals surface area contributed by atoms with Crippen molar-refractivity contribution in [3.8, 4) is 0 Å². The van der Waals surface area contributed by atoms with Gasteiger partial charge in [-0.05, 0) is 24.6 Å². The number of hydrogen-bond acceptors (Lipinski definition) is 3. The molecule has 94 valence electrons. The Morgan fingerprint density at radius 3 is 3.11 bits per heavy atom. The van der Waals surface area contributed by atoms with Crippen LogP contribution in [0.25, 0.3) is 0 Å². The van der Waals surface area contributed by atoms with Gasteiger partial charge >= 0.3 is 5.97 Å². The van der Waals surface area contributed by atoms with Gasteiger partial charge in [0, 0.05) is 5.92 Å². The summed E-state index contributed by atoms with van der Waals surface area (Å²) in [7, 11) is 0. The number of alkyl halides is 1. The molecular formula is C13H13ClN2O2. The number of piperidine rings is 1. The van der Waals surface area contributed by atoms with Crippen LogP contribution in [0.5, 0.6) is 0 Å². The van der Waals surface area contributed by atoms with E-state index in [4.69, 9.17) is 16.7 Å². The van der Waals surface area contributed by atoms with E-state index in [0.29, 0.717) is 6.54 Å². The first kappa shape index (κ1) is 11.7. The number of hydrogen-bond donors (Lipinski definition) is 2. The second kappa shape index (κ2) is 4.07. The van der Waals surface area contributed by atoms with E-state index in [-0.39, 0.29) is 12.3 Å². The van der Waals surface area contributed by atoms with Crippen molar-refractivity contribution >= 4 is 29.0 Å². The van der Waals surface area contributed by atoms with Crippen LogP contribution < -0.4 is 5.32 Å². The van der Waals surface area contributed by atoms with Gasteiger partial charge in [0.25, 0.3) is 0 Å². The third-order valence-electron chi connectivity index (χ3n) is 3.52. The fraction of sp³-hybridized carbons (Fsp3) is 0.385. The van der Waals surface area contributed by atoms with Crippen molar-refractivity contribution in [2.45, 2.75) is 23.8 Å². The molecule has 4 nitrogen and oxygen atoms in total. The van der Waals surface area contributed by atoms with Crippen molar-refractivity contribution in [1.82, 2.24) is 5.32 Å². The van der Waals surface area contributed by atoms with Crippen molar-refractivity contribution in [2.24, 2.45) is 4.99 Å². The average Bonchev–Trinajstić information content (AvgIpc) is 2.69. The fourth-order valence-corrected chi connectivity index (χ4v) is 3.15. The van der Waals surface area contributed by atoms with E-state index >= 15 is 0 Å². The molecule has 2 N–H and O–H groups in total. The second-order valence-corrected chi connectivity index (χ2v) is 5.34. The largest absolute Gasteiger partial charge is 0.481 e. The lowest BCUT2D eigenvalue weighted by Gasteiger charge is -2.35. The van der Waals surface area contributed by atoms with Crippen LogP contribution in [0.15, 0.2) is 29.3 Å². The monoisotopic (exact) mass is 264 g/mol. The van der Waals surface area contributed by atoms with E-state index < -0.39 is 11.0 Å². The quantitative estimate of drug-likeness (QED) is 0.636. The van der Waals surface area contributed by atoms with Crippen LogP contribution in [-0.4, -0.2) is 28.3 Å². The lowest BCUT2D eigenvalue weighted by molar-refractivity contribution is -0.137. The Bertz CT molecular complexity index is 544. The molecule has 2 aliphatic heterocycles. The molecule has 0 spiro atoms. The number of carboxylic acids is 1. The standard InChI is InChI=1S/C13H13ClN2O2/c14-13(7-11(17)18)12-9(5-6-15-13)8-3-1-2-4-10(8)16-12/h1-4,9,15H,5-7H2,(H,17,18). The van der Waals surface area contributed by atoms with Crippen LogP contribution in [-0.2, 0) is 4.79 Å². The van der Waals surface area contributed by atoms with Gasteiger partial charge in [-0.1, -0.05) is 29.8 Å². The number of nitrogens with one attached hydrogen (secondary N) is 1. The van der Waals surface area contributed by atoms with Crippen LogP contribution in [0, 0.1) is 0 Å². The molecule has 5 heteroatoms. The third kappa shape index (κ3) is 1.72. The summed E-state index contributed by atoms with van der Waals surface area (Å²) in [5, 5.41) is 12.1. The molecule has 2 heterocycles. The number of halogens is 1. The van der Waals surface area contributed by atoms with Gasteiger partial charge in [-0.25, -0.2) is 0 Å². The number of nitrogens with zero attached hydrogens (tertiary/aromatic N) is 1. The minimum atomic E-state index is -1.05. The Morgan fingerprint density at radius 1 is 1.56 bits per heavy atom. The van der Waals surface area contributed by atoms with Gasteiger partial charge in [0.2, 0.25) is 0 Å². The first-order chi connectivity index (χ1) is 8.60. The van der Waals surface area contributed by atoms with E-state index in [2.05, 4.69) is 10.3 Å². The maximum absolute atomic E-state index is 11.0. The van der Waals surface area contributed by atoms with Gasteiger partial charge in [0.15, 0.2) is 0 Å². The molecule has 1 fully saturated rings. The summed E-state index contributed by atoms with van der Waals surface area (Å²) in [5.74, 6) is -0.767. The predicted octanol–water partition coefficient (Wildman–Crippen LogP) is 2.26. The summed E-state index contributed by atoms with van der Waals surface area (Å²) in [4.78, 5) is 14.4. The van der Waals surface area contributed by atoms with Gasteiger partial charge in [-0.15, -0.1) is 0 Å². The van der Waals surface area contributed by atoms with E-state index in [1.807, 2.05) is 24.3 Å². The molecule has 0 aliphatic carbocycles. The number of carboxylic acid groups (broad SMARTS) is 1. The van der Waals surface area contributed by atoms with Crippen LogP contribution in [0.4, 0.5) is 5.69 Å². The average molecular weight is 265 g/mol. The molecule has 0 radical (unpaired) electrons. The Labute approximate surface area is 110 Å². The second-order valence-electron chi connectivity index (χ2n) is 4.70. The number of rotatable bonds is 2. The molecular weight excluding hydrogens is 252 g/mol. The summed E-state index contributed by atoms with van der Waals surface area (Å²) in [6.07, 6.45) is 0.752. The van der Waals surface area contributed by atoms with Crippen molar-refractivity contribution in [3.63, 3.8) is 0 Å². The molecule has 1 aromatic rings. The molecule has 0 amide bonds. The molecule has 1 aromatic carbocycles. The topological polar surface area (TPSA) is 61.7 Å². The highest BCUT2D eigenvalue weighted by Crippen LogP contribution is 2.44. The molecule has 18 heavy (non-hydrogen) atoms. The van der Waals surface area contributed by atoms with Gasteiger partial charge in [-0.3, -0.25) is 15.1 Å². The van der Waals surface area contributed by atoms with Crippen LogP contribution >= 0.6 is 11.6 Å². The van der Waals surface area contributed by atoms with E-state index in [1.165, 1.54) is 0 Å². The van der Waals surface area contributed by atoms with Gasteiger partial charge in [-0.2, -0.15) is 0 Å². The number of para-hydroxylation sites is 1. The van der Waals surface area contributed by atoms with Crippen LogP contribution in [0.2, 0.25) is 0 Å². The van der Waals surface area contributed by atoms with Gasteiger partial charge in [0.1, 0.15) is 5.00 Å². The summed E-state index contributed by atoms with van der Waals surface area (Å²) in [6.45, 7) is 0.703. The van der Waals surface area contributed by atoms with Crippen LogP contribution in [0.1, 0.15) is 24.3 Å². The highest BCUT2D eigenvalue weighted by Gasteiger charge is 2.46. The zero-order chi connectivity index (χ0) is 12.8. The van der Waals surface area contributed by atoms with Gasteiger partial charge < -0.3 is 5.11 Å². The zero-order valence-corrected chi connectivity index (χ0v) is 10.4. The normalized spacial score (nSPS) is 29.4.